The number of halogens is 1. The number of benzene rings is 4. The van der Waals surface area contributed by atoms with Gasteiger partial charge >= 0.3 is 0 Å². The van der Waals surface area contributed by atoms with Crippen LogP contribution in [-0.4, -0.2) is 27.1 Å². The van der Waals surface area contributed by atoms with Crippen molar-refractivity contribution in [3.05, 3.63) is 125 Å². The van der Waals surface area contributed by atoms with Crippen LogP contribution < -0.4 is 14.5 Å². The monoisotopic (exact) mass is 575 g/mol. The minimum Gasteiger partial charge on any atom is -0.489 e. The number of ether oxygens (including phenoxy) is 1. The Morgan fingerprint density at radius 2 is 1.57 bits per heavy atom. The first kappa shape index (κ1) is 28.9. The van der Waals surface area contributed by atoms with E-state index in [4.69, 9.17) is 16.3 Å². The molecule has 0 aliphatic rings. The van der Waals surface area contributed by atoms with Gasteiger partial charge in [-0.1, -0.05) is 67.9 Å². The molecule has 0 aromatic heterocycles. The van der Waals surface area contributed by atoms with Gasteiger partial charge in [0.25, 0.3) is 15.9 Å². The van der Waals surface area contributed by atoms with Gasteiger partial charge in [-0.25, -0.2) is 13.8 Å². The van der Waals surface area contributed by atoms with Crippen LogP contribution in [0, 0.1) is 0 Å². The van der Waals surface area contributed by atoms with Crippen molar-refractivity contribution in [2.45, 2.75) is 31.3 Å². The molecule has 0 bridgehead atoms. The third-order valence-corrected chi connectivity index (χ3v) is 8.11. The van der Waals surface area contributed by atoms with Gasteiger partial charge in [-0.3, -0.25) is 9.10 Å². The van der Waals surface area contributed by atoms with Crippen LogP contribution in [0.5, 0.6) is 5.75 Å². The Morgan fingerprint density at radius 3 is 2.20 bits per heavy atom. The minimum atomic E-state index is -3.99. The van der Waals surface area contributed by atoms with Gasteiger partial charge in [0.2, 0.25) is 0 Å². The summed E-state index contributed by atoms with van der Waals surface area (Å²) in [7, 11) is -3.99. The number of hydrazone groups is 1. The molecular formula is C31H30ClN3O4S. The molecule has 7 nitrogen and oxygen atoms in total. The summed E-state index contributed by atoms with van der Waals surface area (Å²) in [5.74, 6) is 0.392. The Morgan fingerprint density at radius 1 is 0.925 bits per heavy atom. The summed E-state index contributed by atoms with van der Waals surface area (Å²) >= 11 is 5.91. The smallest absolute Gasteiger partial charge is 0.264 e. The molecule has 40 heavy (non-hydrogen) atoms. The normalized spacial score (nSPS) is 11.5. The van der Waals surface area contributed by atoms with E-state index in [1.165, 1.54) is 18.3 Å². The zero-order chi connectivity index (χ0) is 28.5. The van der Waals surface area contributed by atoms with Gasteiger partial charge in [-0.05, 0) is 83.3 Å². The molecule has 4 rings (SSSR count). The Bertz CT molecular complexity index is 1540. The summed E-state index contributed by atoms with van der Waals surface area (Å²) in [5.41, 5.74) is 5.62. The molecule has 0 aliphatic heterocycles. The summed E-state index contributed by atoms with van der Waals surface area (Å²) < 4.78 is 33.8. The summed E-state index contributed by atoms with van der Waals surface area (Å²) in [6.45, 7) is 4.08. The highest BCUT2D eigenvalue weighted by Gasteiger charge is 2.27. The lowest BCUT2D eigenvalue weighted by atomic mass is 10.0. The van der Waals surface area contributed by atoms with E-state index in [0.29, 0.717) is 23.1 Å². The van der Waals surface area contributed by atoms with Gasteiger partial charge < -0.3 is 4.74 Å². The molecule has 4 aromatic carbocycles. The summed E-state index contributed by atoms with van der Waals surface area (Å²) in [5, 5.41) is 4.68. The highest BCUT2D eigenvalue weighted by molar-refractivity contribution is 7.92. The fourth-order valence-corrected chi connectivity index (χ4v) is 5.37. The van der Waals surface area contributed by atoms with E-state index in [-0.39, 0.29) is 10.8 Å². The van der Waals surface area contributed by atoms with Crippen LogP contribution in [0.4, 0.5) is 5.69 Å². The first-order chi connectivity index (χ1) is 19.2. The van der Waals surface area contributed by atoms with Crippen LogP contribution in [0.3, 0.4) is 0 Å². The number of carbonyl (C=O) groups excluding carboxylic acids is 1. The molecule has 0 spiro atoms. The largest absolute Gasteiger partial charge is 0.489 e. The quantitative estimate of drug-likeness (QED) is 0.166. The number of hydrogen-bond acceptors (Lipinski definition) is 5. The lowest BCUT2D eigenvalue weighted by Gasteiger charge is -2.24. The van der Waals surface area contributed by atoms with Gasteiger partial charge in [0.15, 0.2) is 0 Å². The van der Waals surface area contributed by atoms with Crippen molar-refractivity contribution < 1.29 is 17.9 Å². The van der Waals surface area contributed by atoms with E-state index in [1.54, 1.807) is 54.6 Å². The maximum atomic E-state index is 13.5. The standard InChI is InChI=1S/C31H30ClN3O4S/c1-23(2)26-12-16-28(17-13-26)35(40(37,38)30-6-4-3-5-7-30)21-31(36)34-33-20-24-10-18-29(19-11-24)39-22-25-8-14-27(32)15-9-25/h3-20,23H,21-22H2,1-2H3,(H,34,36)/b33-20+. The van der Waals surface area contributed by atoms with Gasteiger partial charge in [0.1, 0.15) is 18.9 Å². The van der Waals surface area contributed by atoms with Crippen molar-refractivity contribution in [1.29, 1.82) is 0 Å². The Labute approximate surface area is 240 Å². The second kappa shape index (κ2) is 13.3. The van der Waals surface area contributed by atoms with E-state index in [1.807, 2.05) is 36.4 Å². The SMILES string of the molecule is CC(C)c1ccc(N(CC(=O)N/N=C/c2ccc(OCc3ccc(Cl)cc3)cc2)S(=O)(=O)c2ccccc2)cc1. The highest BCUT2D eigenvalue weighted by atomic mass is 35.5. The third-order valence-electron chi connectivity index (χ3n) is 6.07. The van der Waals surface area contributed by atoms with Crippen LogP contribution >= 0.6 is 11.6 Å². The maximum absolute atomic E-state index is 13.5. The Hall–Kier alpha value is -4.14. The van der Waals surface area contributed by atoms with Crippen LogP contribution in [0.25, 0.3) is 0 Å². The molecule has 0 unspecified atom stereocenters. The predicted molar refractivity (Wildman–Crippen MR) is 159 cm³/mol. The Balaban J connectivity index is 1.40. The number of rotatable bonds is 11. The lowest BCUT2D eigenvalue weighted by Crippen LogP contribution is -2.39. The number of hydrogen-bond donors (Lipinski definition) is 1. The van der Waals surface area contributed by atoms with Crippen LogP contribution in [-0.2, 0) is 21.4 Å². The number of carbonyl (C=O) groups is 1. The summed E-state index contributed by atoms with van der Waals surface area (Å²) in [4.78, 5) is 12.9. The fraction of sp³-hybridized carbons (Fsp3) is 0.161. The van der Waals surface area contributed by atoms with E-state index in [9.17, 15) is 13.2 Å². The number of sulfonamides is 1. The van der Waals surface area contributed by atoms with Gasteiger partial charge in [-0.2, -0.15) is 5.10 Å². The van der Waals surface area contributed by atoms with Crippen molar-refractivity contribution in [3.8, 4) is 5.75 Å². The molecule has 1 N–H and O–H groups in total. The van der Waals surface area contributed by atoms with Crippen LogP contribution in [0.2, 0.25) is 5.02 Å². The third kappa shape index (κ3) is 7.71. The first-order valence-corrected chi connectivity index (χ1v) is 14.5. The molecule has 206 valence electrons. The molecule has 9 heteroatoms. The van der Waals surface area contributed by atoms with E-state index >= 15 is 0 Å². The molecule has 1 amide bonds. The zero-order valence-electron chi connectivity index (χ0n) is 22.2. The number of anilines is 1. The molecule has 0 aliphatic carbocycles. The number of nitrogens with zero attached hydrogens (tertiary/aromatic N) is 2. The second-order valence-corrected chi connectivity index (χ2v) is 11.6. The predicted octanol–water partition coefficient (Wildman–Crippen LogP) is 6.39. The molecule has 0 saturated carbocycles. The minimum absolute atomic E-state index is 0.0950. The van der Waals surface area contributed by atoms with Crippen molar-refractivity contribution in [1.82, 2.24) is 5.43 Å². The molecule has 0 atom stereocenters. The summed E-state index contributed by atoms with van der Waals surface area (Å²) in [6, 6.07) is 29.8. The van der Waals surface area contributed by atoms with Gasteiger partial charge in [-0.15, -0.1) is 0 Å². The molecule has 0 fully saturated rings. The zero-order valence-corrected chi connectivity index (χ0v) is 23.8. The molecule has 4 aromatic rings. The second-order valence-electron chi connectivity index (χ2n) is 9.35. The van der Waals surface area contributed by atoms with Crippen molar-refractivity contribution in [3.63, 3.8) is 0 Å². The average Bonchev–Trinajstić information content (AvgIpc) is 2.97. The highest BCUT2D eigenvalue weighted by Crippen LogP contribution is 2.26. The first-order valence-electron chi connectivity index (χ1n) is 12.7. The lowest BCUT2D eigenvalue weighted by molar-refractivity contribution is -0.119. The van der Waals surface area contributed by atoms with Crippen LogP contribution in [0.1, 0.15) is 36.5 Å². The maximum Gasteiger partial charge on any atom is 0.264 e. The van der Waals surface area contributed by atoms with Crippen molar-refractivity contribution >= 4 is 39.4 Å². The Kier molecular flexibility index (Phi) is 9.58. The van der Waals surface area contributed by atoms with Crippen molar-refractivity contribution in [2.24, 2.45) is 5.10 Å². The van der Waals surface area contributed by atoms with Gasteiger partial charge in [0, 0.05) is 5.02 Å². The molecular weight excluding hydrogens is 546 g/mol. The van der Waals surface area contributed by atoms with E-state index in [0.717, 1.165) is 21.0 Å². The molecule has 0 saturated heterocycles. The molecule has 0 heterocycles. The molecule has 0 radical (unpaired) electrons. The van der Waals surface area contributed by atoms with Gasteiger partial charge in [0.05, 0.1) is 16.8 Å². The van der Waals surface area contributed by atoms with Crippen molar-refractivity contribution in [2.75, 3.05) is 10.8 Å². The van der Waals surface area contributed by atoms with E-state index < -0.39 is 22.5 Å². The summed E-state index contributed by atoms with van der Waals surface area (Å²) in [6.07, 6.45) is 1.48. The fourth-order valence-electron chi connectivity index (χ4n) is 3.80. The van der Waals surface area contributed by atoms with E-state index in [2.05, 4.69) is 24.4 Å². The average molecular weight is 576 g/mol. The van der Waals surface area contributed by atoms with Crippen LogP contribution in [0.15, 0.2) is 113 Å². The number of nitrogens with one attached hydrogen (secondary N) is 1. The number of amides is 1. The topological polar surface area (TPSA) is 88.1 Å².